The number of hydrogen-bond donors (Lipinski definition) is 1. The van der Waals surface area contributed by atoms with Crippen LogP contribution in [0.1, 0.15) is 27.4 Å². The topological polar surface area (TPSA) is 148 Å². The van der Waals surface area contributed by atoms with E-state index in [9.17, 15) is 9.59 Å². The summed E-state index contributed by atoms with van der Waals surface area (Å²) >= 11 is 0. The van der Waals surface area contributed by atoms with Gasteiger partial charge in [-0.2, -0.15) is 0 Å². The zero-order valence-corrected chi connectivity index (χ0v) is 17.2. The van der Waals surface area contributed by atoms with Gasteiger partial charge in [-0.15, -0.1) is 15.3 Å². The van der Waals surface area contributed by atoms with E-state index in [0.717, 1.165) is 0 Å². The molecule has 4 rings (SSSR count). The van der Waals surface area contributed by atoms with Gasteiger partial charge < -0.3 is 10.1 Å². The van der Waals surface area contributed by atoms with E-state index in [2.05, 4.69) is 41.0 Å². The van der Waals surface area contributed by atoms with Crippen LogP contribution < -0.4 is 5.32 Å². The summed E-state index contributed by atoms with van der Waals surface area (Å²) in [4.78, 5) is 23.4. The van der Waals surface area contributed by atoms with Crippen molar-refractivity contribution in [1.29, 1.82) is 0 Å². The SMILES string of the molecule is COC(=O)Cn1cc(Cn2cc(Cn3cc(CNC(=O)c4ccccc4)nn3)nn2)nn1. The Morgan fingerprint density at radius 2 is 1.41 bits per heavy atom. The number of amides is 1. The third-order valence-electron chi connectivity index (χ3n) is 4.39. The molecule has 13 heteroatoms. The van der Waals surface area contributed by atoms with Crippen LogP contribution in [-0.2, 0) is 35.7 Å². The smallest absolute Gasteiger partial charge is 0.327 e. The first-order valence-corrected chi connectivity index (χ1v) is 9.66. The summed E-state index contributed by atoms with van der Waals surface area (Å²) in [7, 11) is 1.32. The molecular weight excluding hydrogens is 416 g/mol. The van der Waals surface area contributed by atoms with E-state index in [1.54, 1.807) is 40.1 Å². The first-order chi connectivity index (χ1) is 15.6. The summed E-state index contributed by atoms with van der Waals surface area (Å²) in [6.45, 7) is 0.977. The zero-order valence-electron chi connectivity index (χ0n) is 17.2. The van der Waals surface area contributed by atoms with Gasteiger partial charge in [-0.05, 0) is 12.1 Å². The summed E-state index contributed by atoms with van der Waals surface area (Å²) in [5, 5.41) is 27.0. The van der Waals surface area contributed by atoms with Crippen LogP contribution in [0, 0.1) is 0 Å². The van der Waals surface area contributed by atoms with Crippen LogP contribution in [0.2, 0.25) is 0 Å². The Morgan fingerprint density at radius 3 is 2.06 bits per heavy atom. The van der Waals surface area contributed by atoms with Gasteiger partial charge in [-0.3, -0.25) is 9.59 Å². The van der Waals surface area contributed by atoms with Gasteiger partial charge in [0, 0.05) is 5.56 Å². The van der Waals surface area contributed by atoms with Gasteiger partial charge in [-0.1, -0.05) is 33.8 Å². The minimum Gasteiger partial charge on any atom is -0.468 e. The van der Waals surface area contributed by atoms with E-state index in [-0.39, 0.29) is 19.0 Å². The molecule has 32 heavy (non-hydrogen) atoms. The van der Waals surface area contributed by atoms with E-state index < -0.39 is 5.97 Å². The highest BCUT2D eigenvalue weighted by Gasteiger charge is 2.10. The van der Waals surface area contributed by atoms with Gasteiger partial charge in [-0.25, -0.2) is 14.0 Å². The first kappa shape index (κ1) is 20.8. The number of nitrogens with zero attached hydrogens (tertiary/aromatic N) is 9. The van der Waals surface area contributed by atoms with E-state index in [1.165, 1.54) is 11.8 Å². The van der Waals surface area contributed by atoms with Crippen LogP contribution in [-0.4, -0.2) is 64.0 Å². The fourth-order valence-corrected chi connectivity index (χ4v) is 2.86. The van der Waals surface area contributed by atoms with Crippen LogP contribution in [0.4, 0.5) is 0 Å². The number of methoxy groups -OCH3 is 1. The largest absolute Gasteiger partial charge is 0.468 e. The fourth-order valence-electron chi connectivity index (χ4n) is 2.86. The van der Waals surface area contributed by atoms with Crippen molar-refractivity contribution in [2.45, 2.75) is 26.2 Å². The number of carbonyl (C=O) groups excluding carboxylic acids is 2. The molecule has 13 nitrogen and oxygen atoms in total. The molecule has 4 aromatic rings. The van der Waals surface area contributed by atoms with Crippen LogP contribution in [0.15, 0.2) is 48.9 Å². The van der Waals surface area contributed by atoms with Crippen molar-refractivity contribution >= 4 is 11.9 Å². The van der Waals surface area contributed by atoms with Crippen molar-refractivity contribution in [3.8, 4) is 0 Å². The normalized spacial score (nSPS) is 10.8. The molecule has 0 atom stereocenters. The Morgan fingerprint density at radius 1 is 0.844 bits per heavy atom. The molecule has 3 heterocycles. The van der Waals surface area contributed by atoms with Crippen molar-refractivity contribution in [2.75, 3.05) is 7.11 Å². The average Bonchev–Trinajstić information content (AvgIpc) is 3.55. The highest BCUT2D eigenvalue weighted by atomic mass is 16.5. The Kier molecular flexibility index (Phi) is 6.25. The van der Waals surface area contributed by atoms with Gasteiger partial charge >= 0.3 is 5.97 Å². The van der Waals surface area contributed by atoms with E-state index >= 15 is 0 Å². The zero-order chi connectivity index (χ0) is 22.3. The van der Waals surface area contributed by atoms with Gasteiger partial charge in [0.2, 0.25) is 0 Å². The molecule has 0 unspecified atom stereocenters. The summed E-state index contributed by atoms with van der Waals surface area (Å²) in [6.07, 6.45) is 5.15. The maximum atomic E-state index is 12.1. The maximum Gasteiger partial charge on any atom is 0.327 e. The Bertz CT molecular complexity index is 1200. The van der Waals surface area contributed by atoms with Crippen LogP contribution in [0.3, 0.4) is 0 Å². The van der Waals surface area contributed by atoms with Crippen molar-refractivity contribution in [3.05, 3.63) is 71.6 Å². The molecule has 0 aliphatic carbocycles. The number of esters is 1. The van der Waals surface area contributed by atoms with Crippen molar-refractivity contribution in [1.82, 2.24) is 50.3 Å². The molecule has 0 fully saturated rings. The second kappa shape index (κ2) is 9.59. The molecule has 0 aliphatic rings. The van der Waals surface area contributed by atoms with E-state index in [0.29, 0.717) is 35.7 Å². The number of carbonyl (C=O) groups is 2. The molecule has 0 spiro atoms. The number of nitrogens with one attached hydrogen (secondary N) is 1. The van der Waals surface area contributed by atoms with Crippen LogP contribution in [0.25, 0.3) is 0 Å². The van der Waals surface area contributed by atoms with Crippen LogP contribution >= 0.6 is 0 Å². The fraction of sp³-hybridized carbons (Fsp3) is 0.263. The highest BCUT2D eigenvalue weighted by Crippen LogP contribution is 2.03. The molecule has 1 aromatic carbocycles. The third-order valence-corrected chi connectivity index (χ3v) is 4.39. The molecule has 1 N–H and O–H groups in total. The van der Waals surface area contributed by atoms with Crippen LogP contribution in [0.5, 0.6) is 0 Å². The quantitative estimate of drug-likeness (QED) is 0.348. The maximum absolute atomic E-state index is 12.1. The lowest BCUT2D eigenvalue weighted by molar-refractivity contribution is -0.141. The first-order valence-electron chi connectivity index (χ1n) is 9.66. The number of aromatic nitrogens is 9. The van der Waals surface area contributed by atoms with E-state index in [4.69, 9.17) is 0 Å². The molecule has 3 aromatic heterocycles. The van der Waals surface area contributed by atoms with Gasteiger partial charge in [0.15, 0.2) is 0 Å². The van der Waals surface area contributed by atoms with E-state index in [1.807, 2.05) is 18.2 Å². The lowest BCUT2D eigenvalue weighted by atomic mass is 10.2. The molecule has 0 aliphatic heterocycles. The molecule has 0 saturated heterocycles. The Balaban J connectivity index is 1.29. The van der Waals surface area contributed by atoms with Crippen molar-refractivity contribution in [2.24, 2.45) is 0 Å². The molecule has 0 radical (unpaired) electrons. The predicted molar refractivity (Wildman–Crippen MR) is 108 cm³/mol. The summed E-state index contributed by atoms with van der Waals surface area (Å²) in [5.41, 5.74) is 2.52. The lowest BCUT2D eigenvalue weighted by Gasteiger charge is -2.02. The third kappa shape index (κ3) is 5.38. The standard InChI is InChI=1S/C19H20N10O3/c1-32-18(30)13-29-12-17(23-26-29)11-28-10-16(22-25-28)9-27-8-15(21-24-27)7-20-19(31)14-5-3-2-4-6-14/h2-6,8,10,12H,7,9,11,13H2,1H3,(H,20,31). The van der Waals surface area contributed by atoms with Gasteiger partial charge in [0.25, 0.3) is 5.91 Å². The minimum atomic E-state index is -0.406. The predicted octanol–water partition coefficient (Wildman–Crippen LogP) is -0.339. The average molecular weight is 436 g/mol. The molecular formula is C19H20N10O3. The number of hydrogen-bond acceptors (Lipinski definition) is 9. The molecule has 164 valence electrons. The molecule has 1 amide bonds. The second-order valence-corrected chi connectivity index (χ2v) is 6.85. The molecule has 0 saturated carbocycles. The van der Waals surface area contributed by atoms with Crippen molar-refractivity contribution < 1.29 is 14.3 Å². The Labute approximate surface area is 182 Å². The number of ether oxygens (including phenoxy) is 1. The monoisotopic (exact) mass is 436 g/mol. The lowest BCUT2D eigenvalue weighted by Crippen LogP contribution is -2.22. The Hall–Kier alpha value is -4.42. The number of benzene rings is 1. The summed E-state index contributed by atoms with van der Waals surface area (Å²) in [5.74, 6) is -0.581. The number of rotatable bonds is 9. The van der Waals surface area contributed by atoms with Gasteiger partial charge in [0.1, 0.15) is 23.6 Å². The van der Waals surface area contributed by atoms with Gasteiger partial charge in [0.05, 0.1) is 45.3 Å². The minimum absolute atomic E-state index is 0.00740. The molecule has 0 bridgehead atoms. The highest BCUT2D eigenvalue weighted by molar-refractivity contribution is 5.94. The summed E-state index contributed by atoms with van der Waals surface area (Å²) < 4.78 is 9.22. The summed E-state index contributed by atoms with van der Waals surface area (Å²) in [6, 6.07) is 8.96. The van der Waals surface area contributed by atoms with Crippen molar-refractivity contribution in [3.63, 3.8) is 0 Å². The second-order valence-electron chi connectivity index (χ2n) is 6.85.